The fraction of sp³-hybridized carbons (Fsp3) is 0.471. The number of piperidine rings is 1. The Kier molecular flexibility index (Phi) is 4.60. The van der Waals surface area contributed by atoms with Crippen molar-refractivity contribution in [3.05, 3.63) is 42.0 Å². The molecule has 1 saturated heterocycles. The molecule has 3 rings (SSSR count). The topological polar surface area (TPSA) is 60.2 Å². The van der Waals surface area contributed by atoms with Crippen molar-refractivity contribution in [2.45, 2.75) is 26.3 Å². The molecule has 0 atom stereocenters. The smallest absolute Gasteiger partial charge is 0.358 e. The summed E-state index contributed by atoms with van der Waals surface area (Å²) < 4.78 is 6.66. The van der Waals surface area contributed by atoms with Crippen molar-refractivity contribution in [3.8, 4) is 0 Å². The van der Waals surface area contributed by atoms with Crippen LogP contribution in [0.1, 0.15) is 29.0 Å². The van der Waals surface area contributed by atoms with Gasteiger partial charge in [0.05, 0.1) is 7.11 Å². The normalized spacial score (nSPS) is 15.7. The van der Waals surface area contributed by atoms with E-state index in [1.54, 1.807) is 6.07 Å². The molecule has 23 heavy (non-hydrogen) atoms. The highest BCUT2D eigenvalue weighted by molar-refractivity contribution is 5.87. The Balaban J connectivity index is 1.59. The molecule has 6 nitrogen and oxygen atoms in total. The number of nitrogens with zero attached hydrogens (tertiary/aromatic N) is 4. The predicted molar refractivity (Wildman–Crippen MR) is 87.5 cm³/mol. The van der Waals surface area contributed by atoms with Gasteiger partial charge in [-0.3, -0.25) is 9.67 Å². The third-order valence-corrected chi connectivity index (χ3v) is 4.45. The number of hydrogen-bond donors (Lipinski definition) is 0. The zero-order chi connectivity index (χ0) is 16.2. The summed E-state index contributed by atoms with van der Waals surface area (Å²) in [6.45, 7) is 4.91. The van der Waals surface area contributed by atoms with Crippen LogP contribution in [0.2, 0.25) is 0 Å². The number of methoxy groups -OCH3 is 1. The van der Waals surface area contributed by atoms with Gasteiger partial charge in [-0.1, -0.05) is 0 Å². The molecule has 1 fully saturated rings. The number of anilines is 1. The van der Waals surface area contributed by atoms with Crippen LogP contribution in [0.4, 0.5) is 5.69 Å². The van der Waals surface area contributed by atoms with Crippen LogP contribution in [-0.4, -0.2) is 40.9 Å². The van der Waals surface area contributed by atoms with E-state index in [2.05, 4.69) is 27.1 Å². The Morgan fingerprint density at radius 2 is 2.00 bits per heavy atom. The van der Waals surface area contributed by atoms with Crippen LogP contribution in [0.3, 0.4) is 0 Å². The molecular formula is C17H22N4O2. The van der Waals surface area contributed by atoms with Crippen molar-refractivity contribution in [2.75, 3.05) is 25.1 Å². The summed E-state index contributed by atoms with van der Waals surface area (Å²) in [5.41, 5.74) is 2.63. The van der Waals surface area contributed by atoms with Gasteiger partial charge in [0.2, 0.25) is 0 Å². The van der Waals surface area contributed by atoms with Crippen LogP contribution in [0.5, 0.6) is 0 Å². The quantitative estimate of drug-likeness (QED) is 0.810. The summed E-state index contributed by atoms with van der Waals surface area (Å²) >= 11 is 0. The summed E-state index contributed by atoms with van der Waals surface area (Å²) in [6.07, 6.45) is 5.91. The molecule has 0 bridgehead atoms. The van der Waals surface area contributed by atoms with E-state index in [-0.39, 0.29) is 5.97 Å². The van der Waals surface area contributed by atoms with Crippen molar-refractivity contribution in [1.82, 2.24) is 14.8 Å². The fourth-order valence-corrected chi connectivity index (χ4v) is 3.07. The Labute approximate surface area is 136 Å². The summed E-state index contributed by atoms with van der Waals surface area (Å²) in [6, 6.07) is 5.90. The Bertz CT molecular complexity index is 660. The van der Waals surface area contributed by atoms with Crippen LogP contribution in [-0.2, 0) is 11.3 Å². The number of carbonyl (C=O) groups excluding carboxylic acids is 1. The van der Waals surface area contributed by atoms with Crippen LogP contribution < -0.4 is 4.90 Å². The van der Waals surface area contributed by atoms with Crippen LogP contribution in [0.25, 0.3) is 0 Å². The molecular weight excluding hydrogens is 292 g/mol. The average molecular weight is 314 g/mol. The molecule has 0 spiro atoms. The first-order valence-corrected chi connectivity index (χ1v) is 7.95. The first-order chi connectivity index (χ1) is 11.2. The lowest BCUT2D eigenvalue weighted by atomic mass is 9.96. The number of esters is 1. The van der Waals surface area contributed by atoms with E-state index in [9.17, 15) is 4.79 Å². The summed E-state index contributed by atoms with van der Waals surface area (Å²) in [5.74, 6) is 0.205. The lowest BCUT2D eigenvalue weighted by Crippen LogP contribution is -2.35. The molecule has 122 valence electrons. The molecule has 2 aromatic heterocycles. The first-order valence-electron chi connectivity index (χ1n) is 7.95. The second-order valence-electron chi connectivity index (χ2n) is 5.98. The highest BCUT2D eigenvalue weighted by Gasteiger charge is 2.21. The van der Waals surface area contributed by atoms with Gasteiger partial charge in [0, 0.05) is 43.4 Å². The lowest BCUT2D eigenvalue weighted by Gasteiger charge is -2.33. The maximum absolute atomic E-state index is 11.6. The minimum atomic E-state index is -0.376. The van der Waals surface area contributed by atoms with Crippen LogP contribution in [0.15, 0.2) is 30.6 Å². The van der Waals surface area contributed by atoms with Gasteiger partial charge >= 0.3 is 5.97 Å². The van der Waals surface area contributed by atoms with Crippen molar-refractivity contribution in [3.63, 3.8) is 0 Å². The van der Waals surface area contributed by atoms with Gasteiger partial charge in [-0.15, -0.1) is 0 Å². The van der Waals surface area contributed by atoms with E-state index in [1.807, 2.05) is 24.0 Å². The monoisotopic (exact) mass is 314 g/mol. The molecule has 0 radical (unpaired) electrons. The Morgan fingerprint density at radius 1 is 1.30 bits per heavy atom. The number of carbonyl (C=O) groups is 1. The second kappa shape index (κ2) is 6.81. The predicted octanol–water partition coefficient (Wildman–Crippen LogP) is 2.29. The van der Waals surface area contributed by atoms with Crippen molar-refractivity contribution >= 4 is 11.7 Å². The first kappa shape index (κ1) is 15.5. The number of aryl methyl sites for hydroxylation is 1. The van der Waals surface area contributed by atoms with Gasteiger partial charge in [-0.25, -0.2) is 4.79 Å². The van der Waals surface area contributed by atoms with Gasteiger partial charge in [0.25, 0.3) is 0 Å². The number of pyridine rings is 1. The maximum atomic E-state index is 11.6. The highest BCUT2D eigenvalue weighted by Crippen LogP contribution is 2.24. The molecule has 1 aliphatic rings. The zero-order valence-corrected chi connectivity index (χ0v) is 13.6. The van der Waals surface area contributed by atoms with Crippen molar-refractivity contribution < 1.29 is 9.53 Å². The molecule has 0 amide bonds. The third kappa shape index (κ3) is 3.52. The molecule has 6 heteroatoms. The number of aromatic nitrogens is 3. The van der Waals surface area contributed by atoms with E-state index in [0.717, 1.165) is 38.2 Å². The number of ether oxygens (including phenoxy) is 1. The van der Waals surface area contributed by atoms with E-state index in [1.165, 1.54) is 12.8 Å². The highest BCUT2D eigenvalue weighted by atomic mass is 16.5. The van der Waals surface area contributed by atoms with Gasteiger partial charge < -0.3 is 9.64 Å². The van der Waals surface area contributed by atoms with Crippen molar-refractivity contribution in [1.29, 1.82) is 0 Å². The van der Waals surface area contributed by atoms with Crippen LogP contribution in [0, 0.1) is 12.8 Å². The summed E-state index contributed by atoms with van der Waals surface area (Å²) in [4.78, 5) is 18.0. The number of rotatable bonds is 4. The van der Waals surface area contributed by atoms with E-state index in [4.69, 9.17) is 4.74 Å². The molecule has 0 N–H and O–H groups in total. The minimum Gasteiger partial charge on any atom is -0.464 e. The molecule has 0 aromatic carbocycles. The fourth-order valence-electron chi connectivity index (χ4n) is 3.07. The Morgan fingerprint density at radius 3 is 2.65 bits per heavy atom. The van der Waals surface area contributed by atoms with Gasteiger partial charge in [-0.05, 0) is 43.9 Å². The maximum Gasteiger partial charge on any atom is 0.358 e. The minimum absolute atomic E-state index is 0.376. The van der Waals surface area contributed by atoms with Gasteiger partial charge in [0.15, 0.2) is 5.69 Å². The lowest BCUT2D eigenvalue weighted by molar-refractivity contribution is 0.0592. The molecule has 0 saturated carbocycles. The average Bonchev–Trinajstić information content (AvgIpc) is 2.96. The van der Waals surface area contributed by atoms with Crippen molar-refractivity contribution in [2.24, 2.45) is 5.92 Å². The SMILES string of the molecule is COC(=O)c1cc(C)n(CC2CCN(c3ccncc3)CC2)n1. The van der Waals surface area contributed by atoms with E-state index < -0.39 is 0 Å². The summed E-state index contributed by atoms with van der Waals surface area (Å²) in [5, 5.41) is 4.37. The molecule has 1 aliphatic heterocycles. The molecule has 0 aliphatic carbocycles. The van der Waals surface area contributed by atoms with Gasteiger partial charge in [-0.2, -0.15) is 5.10 Å². The Hall–Kier alpha value is -2.37. The zero-order valence-electron chi connectivity index (χ0n) is 13.6. The molecule has 2 aromatic rings. The van der Waals surface area contributed by atoms with E-state index in [0.29, 0.717) is 11.6 Å². The molecule has 3 heterocycles. The standard InChI is InChI=1S/C17H22N4O2/c1-13-11-16(17(22)23-2)19-21(13)12-14-5-9-20(10-6-14)15-3-7-18-8-4-15/h3-4,7-8,11,14H,5-6,9-10,12H2,1-2H3. The van der Waals surface area contributed by atoms with E-state index >= 15 is 0 Å². The second-order valence-corrected chi connectivity index (χ2v) is 5.98. The van der Waals surface area contributed by atoms with Gasteiger partial charge in [0.1, 0.15) is 0 Å². The third-order valence-electron chi connectivity index (χ3n) is 4.45. The summed E-state index contributed by atoms with van der Waals surface area (Å²) in [7, 11) is 1.38. The van der Waals surface area contributed by atoms with Crippen LogP contribution >= 0.6 is 0 Å². The number of hydrogen-bond acceptors (Lipinski definition) is 5. The molecule has 0 unspecified atom stereocenters. The largest absolute Gasteiger partial charge is 0.464 e.